The number of carbonyl (C=O) groups excluding carboxylic acids is 1. The predicted octanol–water partition coefficient (Wildman–Crippen LogP) is 2.74. The lowest BCUT2D eigenvalue weighted by Crippen LogP contribution is -2.41. The zero-order valence-electron chi connectivity index (χ0n) is 18.1. The standard InChI is InChI=1S/C23H24N6O2S/c1-14-11-28(19-10-9-17-22(26-19)32-13-24-17)12-18(14)25-21(30)20-15(2)27(3)29(23(20)31)16-7-5-4-6-8-16/h4-10,13-14,18H,11-12H2,1-3H3,(H,25,30)/t14-,18+/m0/s1. The molecule has 1 saturated heterocycles. The summed E-state index contributed by atoms with van der Waals surface area (Å²) >= 11 is 1.52. The molecule has 3 aromatic heterocycles. The van der Waals surface area contributed by atoms with Crippen molar-refractivity contribution in [3.63, 3.8) is 0 Å². The van der Waals surface area contributed by atoms with E-state index in [4.69, 9.17) is 4.98 Å². The first-order chi connectivity index (χ1) is 15.4. The van der Waals surface area contributed by atoms with Crippen molar-refractivity contribution >= 4 is 33.4 Å². The number of amides is 1. The number of benzene rings is 1. The molecule has 0 radical (unpaired) electrons. The molecule has 9 heteroatoms. The minimum absolute atomic E-state index is 0.0781. The lowest BCUT2D eigenvalue weighted by atomic mass is 10.1. The summed E-state index contributed by atoms with van der Waals surface area (Å²) in [7, 11) is 1.79. The summed E-state index contributed by atoms with van der Waals surface area (Å²) in [6, 6.07) is 13.2. The number of thiazole rings is 1. The van der Waals surface area contributed by atoms with Crippen LogP contribution in [0.4, 0.5) is 5.82 Å². The Kier molecular flexibility index (Phi) is 5.05. The summed E-state index contributed by atoms with van der Waals surface area (Å²) in [4.78, 5) is 38.4. The van der Waals surface area contributed by atoms with E-state index in [2.05, 4.69) is 22.1 Å². The zero-order valence-corrected chi connectivity index (χ0v) is 19.0. The van der Waals surface area contributed by atoms with Crippen molar-refractivity contribution in [3.8, 4) is 5.69 Å². The van der Waals surface area contributed by atoms with Gasteiger partial charge in [0.05, 0.1) is 22.9 Å². The van der Waals surface area contributed by atoms with Gasteiger partial charge in [-0.25, -0.2) is 14.6 Å². The Morgan fingerprint density at radius 3 is 2.72 bits per heavy atom. The molecular weight excluding hydrogens is 424 g/mol. The van der Waals surface area contributed by atoms with Crippen LogP contribution in [0, 0.1) is 12.8 Å². The van der Waals surface area contributed by atoms with Crippen LogP contribution in [0.3, 0.4) is 0 Å². The van der Waals surface area contributed by atoms with E-state index in [0.717, 1.165) is 28.4 Å². The van der Waals surface area contributed by atoms with Crippen LogP contribution in [-0.4, -0.2) is 44.4 Å². The van der Waals surface area contributed by atoms with Gasteiger partial charge in [-0.15, -0.1) is 11.3 Å². The van der Waals surface area contributed by atoms with Crippen LogP contribution in [0.15, 0.2) is 52.8 Å². The second-order valence-electron chi connectivity index (χ2n) is 8.24. The van der Waals surface area contributed by atoms with Gasteiger partial charge in [0.15, 0.2) is 0 Å². The Balaban J connectivity index is 1.38. The van der Waals surface area contributed by atoms with E-state index in [9.17, 15) is 9.59 Å². The van der Waals surface area contributed by atoms with Crippen LogP contribution in [0.5, 0.6) is 0 Å². The maximum Gasteiger partial charge on any atom is 0.284 e. The average molecular weight is 449 g/mol. The van der Waals surface area contributed by atoms with Crippen molar-refractivity contribution in [1.82, 2.24) is 24.6 Å². The molecule has 8 nitrogen and oxygen atoms in total. The number of anilines is 1. The Morgan fingerprint density at radius 2 is 1.94 bits per heavy atom. The summed E-state index contributed by atoms with van der Waals surface area (Å²) in [6.45, 7) is 5.33. The van der Waals surface area contributed by atoms with Gasteiger partial charge in [0.25, 0.3) is 11.5 Å². The highest BCUT2D eigenvalue weighted by molar-refractivity contribution is 7.16. The maximum absolute atomic E-state index is 13.2. The Bertz CT molecular complexity index is 1360. The predicted molar refractivity (Wildman–Crippen MR) is 126 cm³/mol. The van der Waals surface area contributed by atoms with Crippen molar-refractivity contribution in [2.24, 2.45) is 13.0 Å². The van der Waals surface area contributed by atoms with Gasteiger partial charge >= 0.3 is 0 Å². The number of hydrogen-bond donors (Lipinski definition) is 1. The molecule has 0 unspecified atom stereocenters. The first-order valence-corrected chi connectivity index (χ1v) is 11.4. The molecule has 4 aromatic rings. The van der Waals surface area contributed by atoms with Gasteiger partial charge in [0, 0.05) is 20.1 Å². The summed E-state index contributed by atoms with van der Waals surface area (Å²) in [6.07, 6.45) is 0. The Hall–Kier alpha value is -3.46. The van der Waals surface area contributed by atoms with Gasteiger partial charge < -0.3 is 10.2 Å². The van der Waals surface area contributed by atoms with Crippen LogP contribution in [0.1, 0.15) is 23.0 Å². The summed E-state index contributed by atoms with van der Waals surface area (Å²) in [5.41, 5.74) is 3.93. The van der Waals surface area contributed by atoms with Crippen LogP contribution in [0.25, 0.3) is 16.0 Å². The van der Waals surface area contributed by atoms with Crippen molar-refractivity contribution in [1.29, 1.82) is 0 Å². The molecule has 0 aliphatic carbocycles. The summed E-state index contributed by atoms with van der Waals surface area (Å²) < 4.78 is 3.26. The number of hydrogen-bond acceptors (Lipinski definition) is 6. The molecule has 1 aliphatic heterocycles. The first-order valence-electron chi connectivity index (χ1n) is 10.5. The molecule has 1 aliphatic rings. The number of nitrogens with zero attached hydrogens (tertiary/aromatic N) is 5. The van der Waals surface area contributed by atoms with E-state index in [0.29, 0.717) is 12.2 Å². The van der Waals surface area contributed by atoms with Crippen LogP contribution in [-0.2, 0) is 7.05 Å². The summed E-state index contributed by atoms with van der Waals surface area (Å²) in [5, 5.41) is 3.11. The largest absolute Gasteiger partial charge is 0.354 e. The van der Waals surface area contributed by atoms with Gasteiger partial charge in [-0.3, -0.25) is 14.3 Å². The van der Waals surface area contributed by atoms with Crippen LogP contribution in [0.2, 0.25) is 0 Å². The third-order valence-corrected chi connectivity index (χ3v) is 6.95. The second-order valence-corrected chi connectivity index (χ2v) is 9.08. The topological polar surface area (TPSA) is 85.1 Å². The van der Waals surface area contributed by atoms with E-state index in [1.165, 1.54) is 16.0 Å². The highest BCUT2D eigenvalue weighted by Gasteiger charge is 2.33. The monoisotopic (exact) mass is 448 g/mol. The lowest BCUT2D eigenvalue weighted by molar-refractivity contribution is 0.0931. The van der Waals surface area contributed by atoms with Crippen molar-refractivity contribution in [3.05, 3.63) is 69.6 Å². The van der Waals surface area contributed by atoms with Gasteiger partial charge in [-0.1, -0.05) is 25.1 Å². The molecule has 32 heavy (non-hydrogen) atoms. The molecule has 5 rings (SSSR count). The lowest BCUT2D eigenvalue weighted by Gasteiger charge is -2.18. The molecule has 1 fully saturated rings. The van der Waals surface area contributed by atoms with Crippen LogP contribution < -0.4 is 15.8 Å². The Labute approximate surface area is 189 Å². The van der Waals surface area contributed by atoms with E-state index >= 15 is 0 Å². The maximum atomic E-state index is 13.2. The normalized spacial score (nSPS) is 18.4. The smallest absolute Gasteiger partial charge is 0.284 e. The third kappa shape index (κ3) is 3.38. The van der Waals surface area contributed by atoms with Crippen molar-refractivity contribution in [2.45, 2.75) is 19.9 Å². The van der Waals surface area contributed by atoms with E-state index in [-0.39, 0.29) is 29.0 Å². The molecule has 2 atom stereocenters. The minimum atomic E-state index is -0.331. The minimum Gasteiger partial charge on any atom is -0.354 e. The van der Waals surface area contributed by atoms with Gasteiger partial charge in [0.1, 0.15) is 21.7 Å². The highest BCUT2D eigenvalue weighted by Crippen LogP contribution is 2.26. The number of nitrogens with one attached hydrogen (secondary N) is 1. The van der Waals surface area contributed by atoms with Crippen LogP contribution >= 0.6 is 11.3 Å². The van der Waals surface area contributed by atoms with E-state index in [1.54, 1.807) is 24.2 Å². The molecule has 164 valence electrons. The molecule has 0 bridgehead atoms. The molecule has 0 saturated carbocycles. The molecular formula is C23H24N6O2S. The number of carbonyl (C=O) groups is 1. The van der Waals surface area contributed by atoms with Gasteiger partial charge in [-0.05, 0) is 37.1 Å². The SMILES string of the molecule is Cc1c(C(=O)N[C@@H]2CN(c3ccc4ncsc4n3)C[C@@H]2C)c(=O)n(-c2ccccc2)n1C. The third-order valence-electron chi connectivity index (χ3n) is 6.22. The van der Waals surface area contributed by atoms with Gasteiger partial charge in [-0.2, -0.15) is 0 Å². The average Bonchev–Trinajstić information content (AvgIpc) is 3.45. The molecule has 0 spiro atoms. The molecule has 1 amide bonds. The number of rotatable bonds is 4. The van der Waals surface area contributed by atoms with Crippen molar-refractivity contribution in [2.75, 3.05) is 18.0 Å². The van der Waals surface area contributed by atoms with E-state index < -0.39 is 0 Å². The summed E-state index contributed by atoms with van der Waals surface area (Å²) in [5.74, 6) is 0.772. The Morgan fingerprint density at radius 1 is 1.16 bits per heavy atom. The fraction of sp³-hybridized carbons (Fsp3) is 0.304. The number of pyridine rings is 1. The second kappa shape index (κ2) is 7.90. The molecule has 4 heterocycles. The molecule has 1 aromatic carbocycles. The van der Waals surface area contributed by atoms with Crippen molar-refractivity contribution < 1.29 is 4.79 Å². The number of aromatic nitrogens is 4. The molecule has 1 N–H and O–H groups in total. The highest BCUT2D eigenvalue weighted by atomic mass is 32.1. The first kappa shape index (κ1) is 20.4. The van der Waals surface area contributed by atoms with Gasteiger partial charge in [0.2, 0.25) is 0 Å². The quantitative estimate of drug-likeness (QED) is 0.519. The fourth-order valence-electron chi connectivity index (χ4n) is 4.33. The number of para-hydroxylation sites is 1. The number of fused-ring (bicyclic) bond motifs is 1. The fourth-order valence-corrected chi connectivity index (χ4v) is 4.98. The van der Waals surface area contributed by atoms with E-state index in [1.807, 2.05) is 42.5 Å². The zero-order chi connectivity index (χ0) is 22.4.